The van der Waals surface area contributed by atoms with Crippen molar-refractivity contribution in [3.05, 3.63) is 52.9 Å². The zero-order valence-corrected chi connectivity index (χ0v) is 13.9. The quantitative estimate of drug-likeness (QED) is 0.883. The number of nitrogens with zero attached hydrogens (tertiary/aromatic N) is 2. The lowest BCUT2D eigenvalue weighted by atomic mass is 9.75. The number of likely N-dealkylation sites (tertiary alicyclic amines) is 1. The Bertz CT molecular complexity index is 703. The number of halogens is 2. The third kappa shape index (κ3) is 3.82. The molecule has 1 aromatic carbocycles. The number of benzene rings is 1. The molecule has 0 aliphatic carbocycles. The second-order valence-electron chi connectivity index (χ2n) is 6.93. The Kier molecular flexibility index (Phi) is 4.96. The van der Waals surface area contributed by atoms with Crippen molar-refractivity contribution in [3.8, 4) is 0 Å². The lowest BCUT2D eigenvalue weighted by molar-refractivity contribution is 0.0277. The minimum absolute atomic E-state index is 0.0140. The highest BCUT2D eigenvalue weighted by molar-refractivity contribution is 5.20. The number of aromatic nitrogens is 2. The summed E-state index contributed by atoms with van der Waals surface area (Å²) in [5, 5.41) is 17.2. The first kappa shape index (κ1) is 17.0. The summed E-state index contributed by atoms with van der Waals surface area (Å²) < 4.78 is 27.1. The molecule has 0 bridgehead atoms. The van der Waals surface area contributed by atoms with Gasteiger partial charge in [0.1, 0.15) is 11.6 Å². The van der Waals surface area contributed by atoms with Gasteiger partial charge in [0.05, 0.1) is 12.3 Å². The Morgan fingerprint density at radius 1 is 1.33 bits per heavy atom. The minimum Gasteiger partial charge on any atom is -0.396 e. The number of piperidine rings is 1. The van der Waals surface area contributed by atoms with Gasteiger partial charge in [-0.05, 0) is 50.4 Å². The summed E-state index contributed by atoms with van der Waals surface area (Å²) >= 11 is 0. The minimum atomic E-state index is -0.575. The second-order valence-corrected chi connectivity index (χ2v) is 6.93. The van der Waals surface area contributed by atoms with E-state index in [1.165, 1.54) is 12.1 Å². The standard InChI is InChI=1S/C18H23F2N3O/c1-13-7-16(22-21-13)10-23-6-2-5-18(11-23,12-24)9-14-3-4-15(19)8-17(14)20/h3-4,7-8,24H,2,5-6,9-12H2,1H3,(H,21,22). The number of aliphatic hydroxyl groups is 1. The van der Waals surface area contributed by atoms with Crippen molar-refractivity contribution >= 4 is 0 Å². The lowest BCUT2D eigenvalue weighted by Crippen LogP contribution is -2.46. The van der Waals surface area contributed by atoms with Crippen LogP contribution in [0.15, 0.2) is 24.3 Å². The van der Waals surface area contributed by atoms with E-state index in [-0.39, 0.29) is 6.61 Å². The van der Waals surface area contributed by atoms with Crippen molar-refractivity contribution in [1.29, 1.82) is 0 Å². The Hall–Kier alpha value is -1.79. The molecule has 0 radical (unpaired) electrons. The predicted molar refractivity (Wildman–Crippen MR) is 87.4 cm³/mol. The van der Waals surface area contributed by atoms with Gasteiger partial charge in [-0.15, -0.1) is 0 Å². The molecule has 1 aliphatic heterocycles. The molecule has 0 saturated carbocycles. The van der Waals surface area contributed by atoms with Crippen molar-refractivity contribution in [2.75, 3.05) is 19.7 Å². The molecule has 1 atom stereocenters. The smallest absolute Gasteiger partial charge is 0.129 e. The van der Waals surface area contributed by atoms with Gasteiger partial charge in [-0.1, -0.05) is 6.07 Å². The molecule has 1 saturated heterocycles. The number of hydrogen-bond acceptors (Lipinski definition) is 3. The van der Waals surface area contributed by atoms with Crippen molar-refractivity contribution in [2.24, 2.45) is 5.41 Å². The normalized spacial score (nSPS) is 22.0. The maximum absolute atomic E-state index is 14.0. The van der Waals surface area contributed by atoms with Crippen LogP contribution in [-0.4, -0.2) is 39.9 Å². The summed E-state index contributed by atoms with van der Waals surface area (Å²) in [5.41, 5.74) is 2.04. The highest BCUT2D eigenvalue weighted by Crippen LogP contribution is 2.34. The van der Waals surface area contributed by atoms with Gasteiger partial charge >= 0.3 is 0 Å². The number of nitrogens with one attached hydrogen (secondary N) is 1. The number of hydrogen-bond donors (Lipinski definition) is 2. The van der Waals surface area contributed by atoms with Crippen LogP contribution in [0.1, 0.15) is 29.8 Å². The third-order valence-electron chi connectivity index (χ3n) is 4.80. The molecular weight excluding hydrogens is 312 g/mol. The Labute approximate surface area is 140 Å². The molecule has 24 heavy (non-hydrogen) atoms. The summed E-state index contributed by atoms with van der Waals surface area (Å²) in [6.07, 6.45) is 2.18. The van der Waals surface area contributed by atoms with E-state index in [2.05, 4.69) is 15.1 Å². The fourth-order valence-corrected chi connectivity index (χ4v) is 3.63. The average molecular weight is 335 g/mol. The predicted octanol–water partition coefficient (Wildman–Crippen LogP) is 2.81. The highest BCUT2D eigenvalue weighted by atomic mass is 19.1. The third-order valence-corrected chi connectivity index (χ3v) is 4.80. The molecule has 0 amide bonds. The van der Waals surface area contributed by atoms with E-state index in [0.29, 0.717) is 25.1 Å². The van der Waals surface area contributed by atoms with Gasteiger partial charge in [0.15, 0.2) is 0 Å². The van der Waals surface area contributed by atoms with Crippen LogP contribution >= 0.6 is 0 Å². The maximum atomic E-state index is 14.0. The maximum Gasteiger partial charge on any atom is 0.129 e. The lowest BCUT2D eigenvalue weighted by Gasteiger charge is -2.42. The van der Waals surface area contributed by atoms with Crippen molar-refractivity contribution < 1.29 is 13.9 Å². The fourth-order valence-electron chi connectivity index (χ4n) is 3.63. The van der Waals surface area contributed by atoms with Gasteiger partial charge < -0.3 is 5.11 Å². The molecule has 2 N–H and O–H groups in total. The van der Waals surface area contributed by atoms with Gasteiger partial charge in [-0.2, -0.15) is 5.10 Å². The topological polar surface area (TPSA) is 52.1 Å². The van der Waals surface area contributed by atoms with Gasteiger partial charge in [0.2, 0.25) is 0 Å². The van der Waals surface area contributed by atoms with E-state index >= 15 is 0 Å². The fraction of sp³-hybridized carbons (Fsp3) is 0.500. The zero-order chi connectivity index (χ0) is 17.2. The van der Waals surface area contributed by atoms with E-state index in [9.17, 15) is 13.9 Å². The Balaban J connectivity index is 1.73. The Morgan fingerprint density at radius 2 is 2.17 bits per heavy atom. The monoisotopic (exact) mass is 335 g/mol. The Morgan fingerprint density at radius 3 is 2.83 bits per heavy atom. The molecule has 0 spiro atoms. The molecule has 1 aliphatic rings. The van der Waals surface area contributed by atoms with Crippen molar-refractivity contribution in [2.45, 2.75) is 32.7 Å². The molecule has 6 heteroatoms. The van der Waals surface area contributed by atoms with E-state index in [4.69, 9.17) is 0 Å². The first-order valence-corrected chi connectivity index (χ1v) is 8.28. The first-order chi connectivity index (χ1) is 11.5. The molecular formula is C18H23F2N3O. The van der Waals surface area contributed by atoms with Crippen molar-refractivity contribution in [1.82, 2.24) is 15.1 Å². The number of rotatable bonds is 5. The van der Waals surface area contributed by atoms with Crippen LogP contribution in [0.5, 0.6) is 0 Å². The van der Waals surface area contributed by atoms with Crippen LogP contribution in [0, 0.1) is 24.0 Å². The van der Waals surface area contributed by atoms with Gasteiger partial charge in [-0.25, -0.2) is 8.78 Å². The van der Waals surface area contributed by atoms with E-state index in [0.717, 1.165) is 36.8 Å². The van der Waals surface area contributed by atoms with Crippen LogP contribution in [0.25, 0.3) is 0 Å². The van der Waals surface area contributed by atoms with E-state index in [1.807, 2.05) is 13.0 Å². The molecule has 2 aromatic rings. The summed E-state index contributed by atoms with van der Waals surface area (Å²) in [5.74, 6) is -1.11. The van der Waals surface area contributed by atoms with Crippen LogP contribution in [0.4, 0.5) is 8.78 Å². The van der Waals surface area contributed by atoms with E-state index in [1.54, 1.807) is 0 Å². The highest BCUT2D eigenvalue weighted by Gasteiger charge is 2.36. The number of aryl methyl sites for hydroxylation is 1. The van der Waals surface area contributed by atoms with Crippen molar-refractivity contribution in [3.63, 3.8) is 0 Å². The molecule has 2 heterocycles. The molecule has 4 nitrogen and oxygen atoms in total. The number of aliphatic hydroxyl groups excluding tert-OH is 1. The summed E-state index contributed by atoms with van der Waals surface area (Å²) in [4.78, 5) is 2.25. The number of H-pyrrole nitrogens is 1. The van der Waals surface area contributed by atoms with Gasteiger partial charge in [0.25, 0.3) is 0 Å². The second kappa shape index (κ2) is 6.99. The van der Waals surface area contributed by atoms with Crippen LogP contribution in [-0.2, 0) is 13.0 Å². The van der Waals surface area contributed by atoms with Gasteiger partial charge in [0, 0.05) is 30.3 Å². The van der Waals surface area contributed by atoms with E-state index < -0.39 is 17.0 Å². The average Bonchev–Trinajstić information content (AvgIpc) is 2.95. The largest absolute Gasteiger partial charge is 0.396 e. The van der Waals surface area contributed by atoms with Crippen LogP contribution in [0.3, 0.4) is 0 Å². The first-order valence-electron chi connectivity index (χ1n) is 8.28. The summed E-state index contributed by atoms with van der Waals surface area (Å²) in [6.45, 7) is 4.26. The molecule has 130 valence electrons. The molecule has 3 rings (SSSR count). The SMILES string of the molecule is Cc1cc(CN2CCCC(CO)(Cc3ccc(F)cc3F)C2)n[nH]1. The van der Waals surface area contributed by atoms with Crippen LogP contribution in [0.2, 0.25) is 0 Å². The number of aromatic amines is 1. The molecule has 1 fully saturated rings. The van der Waals surface area contributed by atoms with Gasteiger partial charge in [-0.3, -0.25) is 10.00 Å². The summed E-state index contributed by atoms with van der Waals surface area (Å²) in [7, 11) is 0. The molecule has 1 unspecified atom stereocenters. The summed E-state index contributed by atoms with van der Waals surface area (Å²) in [6, 6.07) is 5.68. The zero-order valence-electron chi connectivity index (χ0n) is 13.9. The molecule has 1 aromatic heterocycles. The van der Waals surface area contributed by atoms with Crippen LogP contribution < -0.4 is 0 Å².